The van der Waals surface area contributed by atoms with Crippen LogP contribution in [0.4, 0.5) is 0 Å². The topological polar surface area (TPSA) is 62.7 Å². The first kappa shape index (κ1) is 15.6. The molecule has 1 amide bonds. The van der Waals surface area contributed by atoms with E-state index in [2.05, 4.69) is 4.98 Å². The predicted octanol–water partition coefficient (Wildman–Crippen LogP) is 1.89. The Morgan fingerprint density at radius 2 is 2.09 bits per heavy atom. The number of amides is 1. The fourth-order valence-corrected chi connectivity index (χ4v) is 2.83. The Hall–Kier alpha value is -2.24. The number of ether oxygens (including phenoxy) is 1. The van der Waals surface area contributed by atoms with Crippen molar-refractivity contribution in [2.45, 2.75) is 13.0 Å². The second-order valence-corrected chi connectivity index (χ2v) is 5.66. The molecular formula is C18H20N2O3. The first-order chi connectivity index (χ1) is 11.2. The van der Waals surface area contributed by atoms with E-state index in [0.717, 1.165) is 11.1 Å². The number of rotatable bonds is 2. The molecule has 2 heterocycles. The lowest BCUT2D eigenvalue weighted by Crippen LogP contribution is -2.38. The Kier molecular flexibility index (Phi) is 4.69. The van der Waals surface area contributed by atoms with Gasteiger partial charge < -0.3 is 14.7 Å². The third-order valence-corrected chi connectivity index (χ3v) is 3.97. The van der Waals surface area contributed by atoms with Crippen LogP contribution in [-0.2, 0) is 4.74 Å². The quantitative estimate of drug-likeness (QED) is 0.920. The molecule has 1 fully saturated rings. The number of nitrogens with zero attached hydrogens (tertiary/aromatic N) is 2. The SMILES string of the molecule is Cc1nccc(-c2ccccc2)c1C(=O)N1CCOC[C@H](O)C1. The van der Waals surface area contributed by atoms with Gasteiger partial charge >= 0.3 is 0 Å². The highest BCUT2D eigenvalue weighted by molar-refractivity contribution is 6.01. The maximum Gasteiger partial charge on any atom is 0.256 e. The third-order valence-electron chi connectivity index (χ3n) is 3.97. The van der Waals surface area contributed by atoms with Crippen LogP contribution in [0, 0.1) is 6.92 Å². The van der Waals surface area contributed by atoms with Gasteiger partial charge in [0.25, 0.3) is 5.91 Å². The molecule has 1 aliphatic heterocycles. The van der Waals surface area contributed by atoms with E-state index in [1.807, 2.05) is 43.3 Å². The number of β-amino-alcohol motifs (C(OH)–C–C–N with tert-alkyl or cyclic N) is 1. The van der Waals surface area contributed by atoms with Crippen molar-refractivity contribution < 1.29 is 14.6 Å². The largest absolute Gasteiger partial charge is 0.389 e. The van der Waals surface area contributed by atoms with Gasteiger partial charge in [-0.2, -0.15) is 0 Å². The number of benzene rings is 1. The summed E-state index contributed by atoms with van der Waals surface area (Å²) >= 11 is 0. The molecule has 1 aromatic carbocycles. The summed E-state index contributed by atoms with van der Waals surface area (Å²) in [5, 5.41) is 9.88. The van der Waals surface area contributed by atoms with Crippen molar-refractivity contribution in [3.05, 3.63) is 53.9 Å². The van der Waals surface area contributed by atoms with E-state index in [-0.39, 0.29) is 19.1 Å². The maximum atomic E-state index is 13.0. The minimum Gasteiger partial charge on any atom is -0.389 e. The molecule has 0 saturated carbocycles. The van der Waals surface area contributed by atoms with Crippen molar-refractivity contribution in [2.24, 2.45) is 0 Å². The van der Waals surface area contributed by atoms with E-state index < -0.39 is 6.10 Å². The van der Waals surface area contributed by atoms with E-state index in [9.17, 15) is 9.90 Å². The Bertz CT molecular complexity index is 688. The minimum atomic E-state index is -0.654. The van der Waals surface area contributed by atoms with Gasteiger partial charge in [-0.15, -0.1) is 0 Å². The number of carbonyl (C=O) groups excluding carboxylic acids is 1. The van der Waals surface area contributed by atoms with Crippen molar-refractivity contribution in [1.82, 2.24) is 9.88 Å². The van der Waals surface area contributed by atoms with Gasteiger partial charge in [0.1, 0.15) is 0 Å². The summed E-state index contributed by atoms with van der Waals surface area (Å²) in [6.07, 6.45) is 1.06. The summed E-state index contributed by atoms with van der Waals surface area (Å²) < 4.78 is 5.31. The van der Waals surface area contributed by atoms with Crippen LogP contribution >= 0.6 is 0 Å². The van der Waals surface area contributed by atoms with Crippen LogP contribution in [0.3, 0.4) is 0 Å². The van der Waals surface area contributed by atoms with Crippen molar-refractivity contribution in [2.75, 3.05) is 26.3 Å². The van der Waals surface area contributed by atoms with E-state index in [1.54, 1.807) is 11.1 Å². The summed E-state index contributed by atoms with van der Waals surface area (Å²) in [5.74, 6) is -0.112. The second kappa shape index (κ2) is 6.89. The smallest absolute Gasteiger partial charge is 0.256 e. The molecule has 2 aromatic rings. The van der Waals surface area contributed by atoms with Gasteiger partial charge in [0.05, 0.1) is 30.6 Å². The van der Waals surface area contributed by atoms with Crippen LogP contribution in [0.1, 0.15) is 16.1 Å². The highest BCUT2D eigenvalue weighted by Crippen LogP contribution is 2.26. The number of hydrogen-bond acceptors (Lipinski definition) is 4. The first-order valence-electron chi connectivity index (χ1n) is 7.73. The predicted molar refractivity (Wildman–Crippen MR) is 87.1 cm³/mol. The highest BCUT2D eigenvalue weighted by Gasteiger charge is 2.25. The summed E-state index contributed by atoms with van der Waals surface area (Å²) in [4.78, 5) is 19.0. The van der Waals surface area contributed by atoms with E-state index in [4.69, 9.17) is 4.74 Å². The third kappa shape index (κ3) is 3.41. The van der Waals surface area contributed by atoms with Gasteiger partial charge in [0, 0.05) is 19.3 Å². The molecule has 1 N–H and O–H groups in total. The normalized spacial score (nSPS) is 18.5. The summed E-state index contributed by atoms with van der Waals surface area (Å²) in [6.45, 7) is 3.29. The molecule has 0 bridgehead atoms. The standard InChI is InChI=1S/C18H20N2O3/c1-13-17(18(22)20-9-10-23-12-15(21)11-20)16(7-8-19-13)14-5-3-2-4-6-14/h2-8,15,21H,9-12H2,1H3/t15-/m1/s1. The molecule has 0 unspecified atom stereocenters. The van der Waals surface area contributed by atoms with Crippen LogP contribution in [0.15, 0.2) is 42.6 Å². The lowest BCUT2D eigenvalue weighted by molar-refractivity contribution is 0.0534. The number of aromatic nitrogens is 1. The van der Waals surface area contributed by atoms with Crippen LogP contribution in [-0.4, -0.2) is 53.3 Å². The number of hydrogen-bond donors (Lipinski definition) is 1. The van der Waals surface area contributed by atoms with Gasteiger partial charge in [-0.3, -0.25) is 9.78 Å². The summed E-state index contributed by atoms with van der Waals surface area (Å²) in [7, 11) is 0. The monoisotopic (exact) mass is 312 g/mol. The zero-order valence-corrected chi connectivity index (χ0v) is 13.1. The van der Waals surface area contributed by atoms with Gasteiger partial charge in [-0.25, -0.2) is 0 Å². The van der Waals surface area contributed by atoms with Crippen LogP contribution in [0.25, 0.3) is 11.1 Å². The number of carbonyl (C=O) groups is 1. The van der Waals surface area contributed by atoms with Crippen molar-refractivity contribution >= 4 is 5.91 Å². The molecule has 120 valence electrons. The first-order valence-corrected chi connectivity index (χ1v) is 7.73. The molecule has 1 atom stereocenters. The highest BCUT2D eigenvalue weighted by atomic mass is 16.5. The number of pyridine rings is 1. The zero-order valence-electron chi connectivity index (χ0n) is 13.1. The molecule has 5 heteroatoms. The minimum absolute atomic E-state index is 0.112. The van der Waals surface area contributed by atoms with Gasteiger partial charge in [-0.05, 0) is 24.1 Å². The van der Waals surface area contributed by atoms with Gasteiger partial charge in [0.2, 0.25) is 0 Å². The molecule has 3 rings (SSSR count). The average Bonchev–Trinajstić information content (AvgIpc) is 2.79. The second-order valence-electron chi connectivity index (χ2n) is 5.66. The van der Waals surface area contributed by atoms with Gasteiger partial charge in [-0.1, -0.05) is 30.3 Å². The Balaban J connectivity index is 2.00. The maximum absolute atomic E-state index is 13.0. The fraction of sp³-hybridized carbons (Fsp3) is 0.333. The summed E-state index contributed by atoms with van der Waals surface area (Å²) in [6, 6.07) is 11.7. The van der Waals surface area contributed by atoms with Crippen molar-refractivity contribution in [3.63, 3.8) is 0 Å². The van der Waals surface area contributed by atoms with Crippen LogP contribution in [0.5, 0.6) is 0 Å². The molecule has 5 nitrogen and oxygen atoms in total. The van der Waals surface area contributed by atoms with E-state index in [1.165, 1.54) is 0 Å². The Morgan fingerprint density at radius 1 is 1.30 bits per heavy atom. The molecule has 0 spiro atoms. The Morgan fingerprint density at radius 3 is 2.87 bits per heavy atom. The molecule has 1 aromatic heterocycles. The lowest BCUT2D eigenvalue weighted by Gasteiger charge is -2.23. The average molecular weight is 312 g/mol. The molecule has 23 heavy (non-hydrogen) atoms. The molecular weight excluding hydrogens is 292 g/mol. The molecule has 0 radical (unpaired) electrons. The molecule has 1 saturated heterocycles. The fourth-order valence-electron chi connectivity index (χ4n) is 2.83. The van der Waals surface area contributed by atoms with E-state index >= 15 is 0 Å². The van der Waals surface area contributed by atoms with Crippen LogP contribution in [0.2, 0.25) is 0 Å². The number of aryl methyl sites for hydroxylation is 1. The van der Waals surface area contributed by atoms with Crippen molar-refractivity contribution in [1.29, 1.82) is 0 Å². The van der Waals surface area contributed by atoms with Crippen LogP contribution < -0.4 is 0 Å². The molecule has 1 aliphatic rings. The lowest BCUT2D eigenvalue weighted by atomic mass is 9.98. The number of aliphatic hydroxyl groups is 1. The summed E-state index contributed by atoms with van der Waals surface area (Å²) in [5.41, 5.74) is 3.12. The van der Waals surface area contributed by atoms with Crippen molar-refractivity contribution in [3.8, 4) is 11.1 Å². The zero-order chi connectivity index (χ0) is 16.2. The Labute approximate surface area is 135 Å². The van der Waals surface area contributed by atoms with E-state index in [0.29, 0.717) is 24.4 Å². The number of aliphatic hydroxyl groups excluding tert-OH is 1. The van der Waals surface area contributed by atoms with Gasteiger partial charge in [0.15, 0.2) is 0 Å². The molecule has 0 aliphatic carbocycles.